The Bertz CT molecular complexity index is 388. The van der Waals surface area contributed by atoms with Crippen LogP contribution in [0, 0.1) is 5.41 Å². The van der Waals surface area contributed by atoms with Crippen molar-refractivity contribution >= 4 is 21.7 Å². The molecule has 0 saturated heterocycles. The zero-order valence-corrected chi connectivity index (χ0v) is 12.7. The number of hydrogen-bond acceptors (Lipinski definition) is 4. The zero-order valence-electron chi connectivity index (χ0n) is 11.1. The Balaban J connectivity index is 3.11. The van der Waals surface area contributed by atoms with Crippen molar-refractivity contribution in [1.29, 1.82) is 0 Å². The van der Waals surface area contributed by atoms with Crippen molar-refractivity contribution in [3.63, 3.8) is 0 Å². The third-order valence-corrected chi connectivity index (χ3v) is 3.01. The smallest absolute Gasteiger partial charge is 0.144 e. The molecule has 0 fully saturated rings. The summed E-state index contributed by atoms with van der Waals surface area (Å²) in [7, 11) is 3.52. The van der Waals surface area contributed by atoms with Crippen LogP contribution >= 0.6 is 15.9 Å². The highest BCUT2D eigenvalue weighted by atomic mass is 79.9. The molecule has 0 radical (unpaired) electrons. The Hall–Kier alpha value is -0.680. The van der Waals surface area contributed by atoms with E-state index in [1.54, 1.807) is 7.11 Å². The van der Waals surface area contributed by atoms with Crippen LogP contribution in [-0.4, -0.2) is 24.1 Å². The standard InChI is InChI=1S/C12H20BrN3O/c1-12(2,3)6-9-15-8(7-17-5)10(13)11(14-4)16-9/h6-7H2,1-5H3,(H,14,15,16). The normalized spacial score (nSPS) is 11.6. The molecule has 0 atom stereocenters. The van der Waals surface area contributed by atoms with Gasteiger partial charge in [-0.1, -0.05) is 20.8 Å². The van der Waals surface area contributed by atoms with Crippen LogP contribution in [0.4, 0.5) is 5.82 Å². The Morgan fingerprint density at radius 2 is 1.94 bits per heavy atom. The summed E-state index contributed by atoms with van der Waals surface area (Å²) in [5.41, 5.74) is 1.05. The van der Waals surface area contributed by atoms with Gasteiger partial charge in [-0.05, 0) is 21.3 Å². The van der Waals surface area contributed by atoms with Crippen molar-refractivity contribution in [2.45, 2.75) is 33.8 Å². The van der Waals surface area contributed by atoms with Gasteiger partial charge in [-0.3, -0.25) is 0 Å². The molecule has 0 spiro atoms. The van der Waals surface area contributed by atoms with Gasteiger partial charge in [0.1, 0.15) is 11.6 Å². The Labute approximate surface area is 111 Å². The van der Waals surface area contributed by atoms with Gasteiger partial charge in [0.2, 0.25) is 0 Å². The molecule has 17 heavy (non-hydrogen) atoms. The van der Waals surface area contributed by atoms with Gasteiger partial charge in [0, 0.05) is 20.6 Å². The summed E-state index contributed by atoms with van der Waals surface area (Å²) in [6.45, 7) is 7.00. The van der Waals surface area contributed by atoms with Gasteiger partial charge in [-0.2, -0.15) is 0 Å². The van der Waals surface area contributed by atoms with Crippen LogP contribution in [0.3, 0.4) is 0 Å². The number of rotatable bonds is 4. The molecule has 1 heterocycles. The Morgan fingerprint density at radius 1 is 1.29 bits per heavy atom. The number of anilines is 1. The molecule has 5 heteroatoms. The van der Waals surface area contributed by atoms with Crippen LogP contribution in [-0.2, 0) is 17.8 Å². The average Bonchev–Trinajstić information content (AvgIpc) is 2.20. The lowest BCUT2D eigenvalue weighted by Gasteiger charge is -2.18. The largest absolute Gasteiger partial charge is 0.378 e. The van der Waals surface area contributed by atoms with Crippen molar-refractivity contribution in [2.75, 3.05) is 19.5 Å². The highest BCUT2D eigenvalue weighted by Gasteiger charge is 2.17. The first-order valence-electron chi connectivity index (χ1n) is 5.59. The van der Waals surface area contributed by atoms with E-state index in [0.717, 1.165) is 28.2 Å². The predicted octanol–water partition coefficient (Wildman–Crippen LogP) is 3.02. The minimum Gasteiger partial charge on any atom is -0.378 e. The number of nitrogens with zero attached hydrogens (tertiary/aromatic N) is 2. The molecule has 0 aliphatic rings. The molecule has 1 aromatic rings. The van der Waals surface area contributed by atoms with Crippen molar-refractivity contribution in [2.24, 2.45) is 5.41 Å². The fraction of sp³-hybridized carbons (Fsp3) is 0.667. The molecular formula is C12H20BrN3O. The van der Waals surface area contributed by atoms with Crippen LogP contribution in [0.25, 0.3) is 0 Å². The lowest BCUT2D eigenvalue weighted by molar-refractivity contribution is 0.180. The fourth-order valence-electron chi connectivity index (χ4n) is 1.50. The van der Waals surface area contributed by atoms with Crippen molar-refractivity contribution in [3.8, 4) is 0 Å². The summed E-state index contributed by atoms with van der Waals surface area (Å²) in [5.74, 6) is 1.66. The van der Waals surface area contributed by atoms with Crippen LogP contribution in [0.5, 0.6) is 0 Å². The summed E-state index contributed by atoms with van der Waals surface area (Å²) in [6.07, 6.45) is 0.839. The maximum atomic E-state index is 5.15. The van der Waals surface area contributed by atoms with Crippen molar-refractivity contribution in [1.82, 2.24) is 9.97 Å². The first-order valence-corrected chi connectivity index (χ1v) is 6.38. The summed E-state index contributed by atoms with van der Waals surface area (Å²) < 4.78 is 6.02. The number of hydrogen-bond donors (Lipinski definition) is 1. The molecule has 0 unspecified atom stereocenters. The van der Waals surface area contributed by atoms with Gasteiger partial charge >= 0.3 is 0 Å². The summed E-state index contributed by atoms with van der Waals surface area (Å²) in [5, 5.41) is 3.07. The molecule has 0 aliphatic carbocycles. The second-order valence-corrected chi connectivity index (χ2v) is 5.96. The maximum absolute atomic E-state index is 5.15. The van der Waals surface area contributed by atoms with Gasteiger partial charge in [-0.15, -0.1) is 0 Å². The molecule has 0 amide bonds. The molecular weight excluding hydrogens is 282 g/mol. The highest BCUT2D eigenvalue weighted by Crippen LogP contribution is 2.26. The van der Waals surface area contributed by atoms with E-state index in [1.807, 2.05) is 7.05 Å². The van der Waals surface area contributed by atoms with Crippen LogP contribution in [0.2, 0.25) is 0 Å². The Morgan fingerprint density at radius 3 is 2.41 bits per heavy atom. The second kappa shape index (κ2) is 5.78. The van der Waals surface area contributed by atoms with Gasteiger partial charge in [-0.25, -0.2) is 9.97 Å². The van der Waals surface area contributed by atoms with E-state index in [-0.39, 0.29) is 5.41 Å². The van der Waals surface area contributed by atoms with Crippen LogP contribution < -0.4 is 5.32 Å². The van der Waals surface area contributed by atoms with E-state index in [2.05, 4.69) is 52.0 Å². The lowest BCUT2D eigenvalue weighted by atomic mass is 9.92. The SMILES string of the molecule is CNc1nc(CC(C)(C)C)nc(COC)c1Br. The molecule has 0 aromatic carbocycles. The maximum Gasteiger partial charge on any atom is 0.144 e. The molecule has 0 aliphatic heterocycles. The first kappa shape index (κ1) is 14.4. The quantitative estimate of drug-likeness (QED) is 0.928. The van der Waals surface area contributed by atoms with E-state index in [9.17, 15) is 0 Å². The van der Waals surface area contributed by atoms with Gasteiger partial charge in [0.05, 0.1) is 16.8 Å². The number of aromatic nitrogens is 2. The van der Waals surface area contributed by atoms with E-state index in [4.69, 9.17) is 4.74 Å². The molecule has 0 saturated carbocycles. The van der Waals surface area contributed by atoms with Crippen molar-refractivity contribution in [3.05, 3.63) is 16.0 Å². The van der Waals surface area contributed by atoms with Gasteiger partial charge < -0.3 is 10.1 Å². The minimum atomic E-state index is 0.170. The highest BCUT2D eigenvalue weighted by molar-refractivity contribution is 9.10. The minimum absolute atomic E-state index is 0.170. The summed E-state index contributed by atoms with van der Waals surface area (Å²) in [4.78, 5) is 9.03. The van der Waals surface area contributed by atoms with E-state index < -0.39 is 0 Å². The summed E-state index contributed by atoms with van der Waals surface area (Å²) >= 11 is 3.49. The molecule has 4 nitrogen and oxygen atoms in total. The van der Waals surface area contributed by atoms with Gasteiger partial charge in [0.15, 0.2) is 0 Å². The average molecular weight is 302 g/mol. The zero-order chi connectivity index (χ0) is 13.1. The second-order valence-electron chi connectivity index (χ2n) is 5.17. The fourth-order valence-corrected chi connectivity index (χ4v) is 1.99. The lowest BCUT2D eigenvalue weighted by Crippen LogP contribution is -2.14. The number of halogens is 1. The van der Waals surface area contributed by atoms with E-state index in [1.165, 1.54) is 0 Å². The number of nitrogens with one attached hydrogen (secondary N) is 1. The Kier molecular flexibility index (Phi) is 4.89. The number of methoxy groups -OCH3 is 1. The monoisotopic (exact) mass is 301 g/mol. The third-order valence-electron chi connectivity index (χ3n) is 2.17. The third kappa shape index (κ3) is 4.24. The molecule has 1 N–H and O–H groups in total. The summed E-state index contributed by atoms with van der Waals surface area (Å²) in [6, 6.07) is 0. The van der Waals surface area contributed by atoms with Crippen LogP contribution in [0.15, 0.2) is 4.47 Å². The van der Waals surface area contributed by atoms with E-state index >= 15 is 0 Å². The van der Waals surface area contributed by atoms with Crippen molar-refractivity contribution < 1.29 is 4.74 Å². The first-order chi connectivity index (χ1) is 7.87. The predicted molar refractivity (Wildman–Crippen MR) is 73.2 cm³/mol. The topological polar surface area (TPSA) is 47.0 Å². The number of ether oxygens (including phenoxy) is 1. The molecule has 1 aromatic heterocycles. The van der Waals surface area contributed by atoms with E-state index in [0.29, 0.717) is 6.61 Å². The molecule has 96 valence electrons. The molecule has 1 rings (SSSR count). The van der Waals surface area contributed by atoms with Crippen LogP contribution in [0.1, 0.15) is 32.3 Å². The molecule has 0 bridgehead atoms. The van der Waals surface area contributed by atoms with Gasteiger partial charge in [0.25, 0.3) is 0 Å².